The van der Waals surface area contributed by atoms with Gasteiger partial charge in [-0.25, -0.2) is 4.79 Å². The first-order valence-corrected chi connectivity index (χ1v) is 4.21. The molecule has 2 atom stereocenters. The van der Waals surface area contributed by atoms with Gasteiger partial charge < -0.3 is 15.2 Å². The van der Waals surface area contributed by atoms with Crippen molar-refractivity contribution in [1.82, 2.24) is 5.32 Å². The van der Waals surface area contributed by atoms with Gasteiger partial charge in [0.1, 0.15) is 0 Å². The summed E-state index contributed by atoms with van der Waals surface area (Å²) in [6.07, 6.45) is 0.418. The summed E-state index contributed by atoms with van der Waals surface area (Å²) in [4.78, 5) is 21.1. The molecule has 0 aromatic rings. The average Bonchev–Trinajstić information content (AvgIpc) is 2.04. The molecule has 2 N–H and O–H groups in total. The normalized spacial score (nSPS) is 28.1. The van der Waals surface area contributed by atoms with Crippen molar-refractivity contribution in [2.45, 2.75) is 31.9 Å². The summed E-state index contributed by atoms with van der Waals surface area (Å²) in [5.74, 6) is -1.04. The number of rotatable bonds is 2. The number of ether oxygens (including phenoxy) is 1. The molecule has 0 aromatic carbocycles. The molecule has 1 heterocycles. The smallest absolute Gasteiger partial charge is 0.332 e. The molecule has 0 radical (unpaired) electrons. The Hall–Kier alpha value is -1.10. The van der Waals surface area contributed by atoms with E-state index in [4.69, 9.17) is 9.84 Å². The molecule has 1 amide bonds. The van der Waals surface area contributed by atoms with Gasteiger partial charge in [0, 0.05) is 6.92 Å². The Kier molecular flexibility index (Phi) is 3.25. The first kappa shape index (κ1) is 9.98. The summed E-state index contributed by atoms with van der Waals surface area (Å²) in [7, 11) is 0. The van der Waals surface area contributed by atoms with Crippen LogP contribution in [-0.4, -0.2) is 35.7 Å². The summed E-state index contributed by atoms with van der Waals surface area (Å²) in [6.45, 7) is 1.72. The molecule has 1 fully saturated rings. The van der Waals surface area contributed by atoms with Crippen LogP contribution in [0, 0.1) is 0 Å². The van der Waals surface area contributed by atoms with E-state index >= 15 is 0 Å². The van der Waals surface area contributed by atoms with Gasteiger partial charge >= 0.3 is 5.97 Å². The Bertz CT molecular complexity index is 208. The van der Waals surface area contributed by atoms with Gasteiger partial charge in [-0.1, -0.05) is 0 Å². The second-order valence-electron chi connectivity index (χ2n) is 3.14. The minimum Gasteiger partial charge on any atom is -0.479 e. The van der Waals surface area contributed by atoms with E-state index < -0.39 is 12.1 Å². The zero-order valence-electron chi connectivity index (χ0n) is 7.45. The molecule has 1 rings (SSSR count). The van der Waals surface area contributed by atoms with E-state index in [1.54, 1.807) is 0 Å². The van der Waals surface area contributed by atoms with Crippen molar-refractivity contribution in [2.75, 3.05) is 6.61 Å². The fourth-order valence-electron chi connectivity index (χ4n) is 1.35. The number of aliphatic carboxylic acids is 1. The predicted molar refractivity (Wildman–Crippen MR) is 44.2 cm³/mol. The molecule has 13 heavy (non-hydrogen) atoms. The predicted octanol–water partition coefficient (Wildman–Crippen LogP) is -0.245. The molecule has 74 valence electrons. The third kappa shape index (κ3) is 3.02. The van der Waals surface area contributed by atoms with Gasteiger partial charge in [-0.15, -0.1) is 0 Å². The van der Waals surface area contributed by atoms with Crippen molar-refractivity contribution in [3.8, 4) is 0 Å². The van der Waals surface area contributed by atoms with Crippen molar-refractivity contribution < 1.29 is 19.4 Å². The highest BCUT2D eigenvalue weighted by Gasteiger charge is 2.26. The van der Waals surface area contributed by atoms with Gasteiger partial charge in [-0.05, 0) is 12.8 Å². The van der Waals surface area contributed by atoms with Gasteiger partial charge in [-0.2, -0.15) is 0 Å². The van der Waals surface area contributed by atoms with Crippen molar-refractivity contribution in [3.05, 3.63) is 0 Å². The van der Waals surface area contributed by atoms with E-state index in [0.717, 1.165) is 0 Å². The van der Waals surface area contributed by atoms with Crippen LogP contribution in [0.25, 0.3) is 0 Å². The van der Waals surface area contributed by atoms with Crippen LogP contribution < -0.4 is 5.32 Å². The quantitative estimate of drug-likeness (QED) is 0.625. The number of carbonyl (C=O) groups excluding carboxylic acids is 1. The van der Waals surface area contributed by atoms with Crippen LogP contribution in [0.1, 0.15) is 19.8 Å². The lowest BCUT2D eigenvalue weighted by Crippen LogP contribution is -2.43. The topological polar surface area (TPSA) is 75.6 Å². The van der Waals surface area contributed by atoms with Crippen molar-refractivity contribution in [1.29, 1.82) is 0 Å². The zero-order valence-corrected chi connectivity index (χ0v) is 7.45. The molecular weight excluding hydrogens is 174 g/mol. The Balaban J connectivity index is 2.30. The molecular formula is C8H13NO4. The van der Waals surface area contributed by atoms with Crippen LogP contribution >= 0.6 is 0 Å². The van der Waals surface area contributed by atoms with Gasteiger partial charge in [-0.3, -0.25) is 4.79 Å². The average molecular weight is 187 g/mol. The van der Waals surface area contributed by atoms with Gasteiger partial charge in [0.2, 0.25) is 5.91 Å². The zero-order chi connectivity index (χ0) is 9.84. The second-order valence-corrected chi connectivity index (χ2v) is 3.14. The number of hydrogen-bond donors (Lipinski definition) is 2. The van der Waals surface area contributed by atoms with Crippen molar-refractivity contribution in [2.24, 2.45) is 0 Å². The van der Waals surface area contributed by atoms with E-state index in [1.165, 1.54) is 6.92 Å². The van der Waals surface area contributed by atoms with E-state index in [0.29, 0.717) is 12.8 Å². The van der Waals surface area contributed by atoms with Crippen LogP contribution in [0.5, 0.6) is 0 Å². The molecule has 0 spiro atoms. The SMILES string of the molecule is CC(=O)NC1CCC(C(=O)O)OC1. The Morgan fingerprint density at radius 1 is 1.46 bits per heavy atom. The summed E-state index contributed by atoms with van der Waals surface area (Å²) < 4.78 is 5.04. The fraction of sp³-hybridized carbons (Fsp3) is 0.750. The fourth-order valence-corrected chi connectivity index (χ4v) is 1.35. The molecule has 0 bridgehead atoms. The lowest BCUT2D eigenvalue weighted by Gasteiger charge is -2.26. The van der Waals surface area contributed by atoms with Crippen LogP contribution in [0.15, 0.2) is 0 Å². The first-order chi connectivity index (χ1) is 6.09. The van der Waals surface area contributed by atoms with Gasteiger partial charge in [0.05, 0.1) is 12.6 Å². The number of hydrogen-bond acceptors (Lipinski definition) is 3. The molecule has 0 aliphatic carbocycles. The molecule has 1 aliphatic heterocycles. The molecule has 2 unspecified atom stereocenters. The number of carboxylic acid groups (broad SMARTS) is 1. The molecule has 5 heteroatoms. The molecule has 1 saturated heterocycles. The highest BCUT2D eigenvalue weighted by atomic mass is 16.5. The maximum Gasteiger partial charge on any atom is 0.332 e. The Labute approximate surface area is 76.1 Å². The van der Waals surface area contributed by atoms with Crippen molar-refractivity contribution >= 4 is 11.9 Å². The number of carbonyl (C=O) groups is 2. The lowest BCUT2D eigenvalue weighted by atomic mass is 10.1. The number of nitrogens with one attached hydrogen (secondary N) is 1. The molecule has 5 nitrogen and oxygen atoms in total. The highest BCUT2D eigenvalue weighted by Crippen LogP contribution is 2.13. The summed E-state index contributed by atoms with van der Waals surface area (Å²) >= 11 is 0. The Morgan fingerprint density at radius 3 is 2.54 bits per heavy atom. The standard InChI is InChI=1S/C8H13NO4/c1-5(10)9-6-2-3-7(8(11)12)13-4-6/h6-7H,2-4H2,1H3,(H,9,10)(H,11,12). The van der Waals surface area contributed by atoms with Crippen LogP contribution in [-0.2, 0) is 14.3 Å². The maximum absolute atomic E-state index is 10.6. The monoisotopic (exact) mass is 187 g/mol. The minimum atomic E-state index is -0.929. The van der Waals surface area contributed by atoms with E-state index in [-0.39, 0.29) is 18.6 Å². The highest BCUT2D eigenvalue weighted by molar-refractivity contribution is 5.74. The second kappa shape index (κ2) is 4.23. The molecule has 0 aromatic heterocycles. The van der Waals surface area contributed by atoms with Crippen LogP contribution in [0.3, 0.4) is 0 Å². The summed E-state index contributed by atoms with van der Waals surface area (Å²) in [5, 5.41) is 11.3. The molecule has 0 saturated carbocycles. The Morgan fingerprint density at radius 2 is 2.15 bits per heavy atom. The van der Waals surface area contributed by atoms with Crippen molar-refractivity contribution in [3.63, 3.8) is 0 Å². The van der Waals surface area contributed by atoms with E-state index in [1.807, 2.05) is 0 Å². The minimum absolute atomic E-state index is 0.0342. The molecule has 1 aliphatic rings. The van der Waals surface area contributed by atoms with Gasteiger partial charge in [0.25, 0.3) is 0 Å². The maximum atomic E-state index is 10.6. The van der Waals surface area contributed by atoms with Gasteiger partial charge in [0.15, 0.2) is 6.10 Å². The first-order valence-electron chi connectivity index (χ1n) is 4.21. The lowest BCUT2D eigenvalue weighted by molar-refractivity contribution is -0.154. The van der Waals surface area contributed by atoms with Crippen LogP contribution in [0.2, 0.25) is 0 Å². The van der Waals surface area contributed by atoms with E-state index in [2.05, 4.69) is 5.32 Å². The number of carboxylic acids is 1. The summed E-state index contributed by atoms with van der Waals surface area (Å²) in [6, 6.07) is -0.0342. The third-order valence-corrected chi connectivity index (χ3v) is 1.96. The van der Waals surface area contributed by atoms with E-state index in [9.17, 15) is 9.59 Å². The van der Waals surface area contributed by atoms with Crippen LogP contribution in [0.4, 0.5) is 0 Å². The third-order valence-electron chi connectivity index (χ3n) is 1.96. The number of amides is 1. The largest absolute Gasteiger partial charge is 0.479 e. The summed E-state index contributed by atoms with van der Waals surface area (Å²) in [5.41, 5.74) is 0.